The lowest BCUT2D eigenvalue weighted by Crippen LogP contribution is -2.25. The van der Waals surface area contributed by atoms with Gasteiger partial charge < -0.3 is 9.64 Å². The number of hydrogen-bond donors (Lipinski definition) is 0. The minimum atomic E-state index is -0.519. The summed E-state index contributed by atoms with van der Waals surface area (Å²) in [5.41, 5.74) is 3.21. The van der Waals surface area contributed by atoms with Crippen LogP contribution >= 0.6 is 0 Å². The van der Waals surface area contributed by atoms with E-state index in [1.807, 2.05) is 29.2 Å². The fourth-order valence-electron chi connectivity index (χ4n) is 3.48. The second-order valence-electron chi connectivity index (χ2n) is 7.06. The standard InChI is InChI=1S/C24H19N3O5/c1-2-32-24(29)17-9-11-19(12-10-17)26-15-18-5-3-4-6-21(18)22(26)25-23(28)16-7-13-20(14-8-16)27(30)31/h3-14H,2,15H2,1H3. The fourth-order valence-corrected chi connectivity index (χ4v) is 3.48. The van der Waals surface area contributed by atoms with Crippen LogP contribution in [-0.4, -0.2) is 29.2 Å². The second kappa shape index (κ2) is 8.81. The third-order valence-corrected chi connectivity index (χ3v) is 5.07. The van der Waals surface area contributed by atoms with Crippen LogP contribution < -0.4 is 4.90 Å². The number of nitrogens with zero attached hydrogens (tertiary/aromatic N) is 3. The van der Waals surface area contributed by atoms with Gasteiger partial charge in [0.15, 0.2) is 0 Å². The van der Waals surface area contributed by atoms with E-state index >= 15 is 0 Å². The number of nitro groups is 1. The summed E-state index contributed by atoms with van der Waals surface area (Å²) in [7, 11) is 0. The lowest BCUT2D eigenvalue weighted by Gasteiger charge is -2.19. The van der Waals surface area contributed by atoms with Crippen molar-refractivity contribution in [1.82, 2.24) is 0 Å². The molecule has 32 heavy (non-hydrogen) atoms. The monoisotopic (exact) mass is 429 g/mol. The van der Waals surface area contributed by atoms with E-state index in [1.165, 1.54) is 24.3 Å². The normalized spacial score (nSPS) is 13.7. The Balaban J connectivity index is 1.68. The summed E-state index contributed by atoms with van der Waals surface area (Å²) in [4.78, 5) is 41.4. The molecule has 0 N–H and O–H groups in total. The smallest absolute Gasteiger partial charge is 0.338 e. The Morgan fingerprint density at radius 2 is 1.66 bits per heavy atom. The van der Waals surface area contributed by atoms with Gasteiger partial charge in [-0.2, -0.15) is 4.99 Å². The van der Waals surface area contributed by atoms with E-state index in [4.69, 9.17) is 4.74 Å². The predicted octanol–water partition coefficient (Wildman–Crippen LogP) is 4.38. The van der Waals surface area contributed by atoms with Gasteiger partial charge in [-0.25, -0.2) is 4.79 Å². The highest BCUT2D eigenvalue weighted by molar-refractivity contribution is 6.18. The van der Waals surface area contributed by atoms with E-state index in [0.29, 0.717) is 24.6 Å². The Labute approximate surface area is 183 Å². The van der Waals surface area contributed by atoms with Gasteiger partial charge in [0.25, 0.3) is 11.6 Å². The van der Waals surface area contributed by atoms with Crippen molar-refractivity contribution in [2.75, 3.05) is 11.5 Å². The SMILES string of the molecule is CCOC(=O)c1ccc(N2Cc3ccccc3C2=NC(=O)c2ccc([N+](=O)[O-])cc2)cc1. The van der Waals surface area contributed by atoms with Gasteiger partial charge in [-0.15, -0.1) is 0 Å². The zero-order chi connectivity index (χ0) is 22.7. The van der Waals surface area contributed by atoms with Crippen molar-refractivity contribution >= 4 is 29.1 Å². The third kappa shape index (κ3) is 4.11. The predicted molar refractivity (Wildman–Crippen MR) is 119 cm³/mol. The molecule has 0 unspecified atom stereocenters. The molecule has 0 aromatic heterocycles. The van der Waals surface area contributed by atoms with Gasteiger partial charge in [-0.1, -0.05) is 24.3 Å². The number of amidine groups is 1. The highest BCUT2D eigenvalue weighted by atomic mass is 16.6. The van der Waals surface area contributed by atoms with Gasteiger partial charge in [0.1, 0.15) is 5.84 Å². The molecular formula is C24H19N3O5. The number of rotatable bonds is 5. The minimum absolute atomic E-state index is 0.0938. The van der Waals surface area contributed by atoms with E-state index in [2.05, 4.69) is 4.99 Å². The van der Waals surface area contributed by atoms with Crippen LogP contribution in [0.15, 0.2) is 77.8 Å². The van der Waals surface area contributed by atoms with Crippen LogP contribution in [0.5, 0.6) is 0 Å². The molecule has 8 heteroatoms. The molecule has 0 atom stereocenters. The average molecular weight is 429 g/mol. The zero-order valence-corrected chi connectivity index (χ0v) is 17.2. The molecule has 0 bridgehead atoms. The molecule has 1 heterocycles. The molecule has 3 aromatic rings. The number of non-ortho nitro benzene ring substituents is 1. The van der Waals surface area contributed by atoms with E-state index in [1.54, 1.807) is 31.2 Å². The lowest BCUT2D eigenvalue weighted by molar-refractivity contribution is -0.384. The number of carbonyl (C=O) groups is 2. The molecule has 0 radical (unpaired) electrons. The van der Waals surface area contributed by atoms with Crippen LogP contribution in [0.1, 0.15) is 38.8 Å². The summed E-state index contributed by atoms with van der Waals surface area (Å²) in [5, 5.41) is 10.9. The number of fused-ring (bicyclic) bond motifs is 1. The van der Waals surface area contributed by atoms with Gasteiger partial charge in [-0.05, 0) is 48.9 Å². The molecule has 0 aliphatic carbocycles. The third-order valence-electron chi connectivity index (χ3n) is 5.07. The van der Waals surface area contributed by atoms with Crippen molar-refractivity contribution in [2.24, 2.45) is 4.99 Å². The van der Waals surface area contributed by atoms with E-state index < -0.39 is 16.8 Å². The Kier molecular flexibility index (Phi) is 5.76. The fraction of sp³-hybridized carbons (Fsp3) is 0.125. The maximum absolute atomic E-state index is 12.8. The Hall–Kier alpha value is -4.33. The molecule has 1 aliphatic rings. The zero-order valence-electron chi connectivity index (χ0n) is 17.2. The number of ether oxygens (including phenoxy) is 1. The summed E-state index contributed by atoms with van der Waals surface area (Å²) < 4.78 is 5.03. The summed E-state index contributed by atoms with van der Waals surface area (Å²) in [6.45, 7) is 2.56. The van der Waals surface area contributed by atoms with E-state index in [9.17, 15) is 19.7 Å². The lowest BCUT2D eigenvalue weighted by atomic mass is 10.1. The number of benzene rings is 3. The van der Waals surface area contributed by atoms with Crippen molar-refractivity contribution in [1.29, 1.82) is 0 Å². The largest absolute Gasteiger partial charge is 0.462 e. The summed E-state index contributed by atoms with van der Waals surface area (Å²) in [6, 6.07) is 19.9. The first-order valence-electron chi connectivity index (χ1n) is 9.98. The highest BCUT2D eigenvalue weighted by Gasteiger charge is 2.27. The first kappa shape index (κ1) is 20.9. The second-order valence-corrected chi connectivity index (χ2v) is 7.06. The molecule has 160 valence electrons. The van der Waals surface area contributed by atoms with Crippen LogP contribution in [-0.2, 0) is 11.3 Å². The summed E-state index contributed by atoms with van der Waals surface area (Å²) in [5.74, 6) is -0.418. The van der Waals surface area contributed by atoms with Crippen molar-refractivity contribution in [3.8, 4) is 0 Å². The quantitative estimate of drug-likeness (QED) is 0.339. The highest BCUT2D eigenvalue weighted by Crippen LogP contribution is 2.29. The maximum atomic E-state index is 12.8. The van der Waals surface area contributed by atoms with Crippen LogP contribution in [0.3, 0.4) is 0 Å². The number of hydrogen-bond acceptors (Lipinski definition) is 5. The Morgan fingerprint density at radius 3 is 2.31 bits per heavy atom. The van der Waals surface area contributed by atoms with Crippen LogP contribution in [0, 0.1) is 10.1 Å². The first-order chi connectivity index (χ1) is 15.5. The summed E-state index contributed by atoms with van der Waals surface area (Å²) >= 11 is 0. The van der Waals surface area contributed by atoms with Crippen LogP contribution in [0.25, 0.3) is 0 Å². The van der Waals surface area contributed by atoms with Crippen molar-refractivity contribution in [3.05, 3.63) is 105 Å². The average Bonchev–Trinajstić information content (AvgIpc) is 3.17. The minimum Gasteiger partial charge on any atom is -0.462 e. The molecule has 0 saturated carbocycles. The van der Waals surface area contributed by atoms with Gasteiger partial charge in [0, 0.05) is 28.9 Å². The molecular weight excluding hydrogens is 410 g/mol. The van der Waals surface area contributed by atoms with Crippen molar-refractivity contribution < 1.29 is 19.2 Å². The molecule has 3 aromatic carbocycles. The number of amides is 1. The number of aliphatic imine (C=N–C) groups is 1. The van der Waals surface area contributed by atoms with Gasteiger partial charge >= 0.3 is 5.97 Å². The number of anilines is 1. The topological polar surface area (TPSA) is 102 Å². The molecule has 0 fully saturated rings. The van der Waals surface area contributed by atoms with E-state index in [-0.39, 0.29) is 11.3 Å². The maximum Gasteiger partial charge on any atom is 0.338 e. The van der Waals surface area contributed by atoms with Gasteiger partial charge in [0.2, 0.25) is 0 Å². The van der Waals surface area contributed by atoms with Crippen molar-refractivity contribution in [3.63, 3.8) is 0 Å². The molecule has 0 saturated heterocycles. The molecule has 1 aliphatic heterocycles. The molecule has 8 nitrogen and oxygen atoms in total. The molecule has 4 rings (SSSR count). The number of esters is 1. The van der Waals surface area contributed by atoms with Gasteiger partial charge in [-0.3, -0.25) is 14.9 Å². The van der Waals surface area contributed by atoms with Crippen LogP contribution in [0.4, 0.5) is 11.4 Å². The number of nitro benzene ring substituents is 1. The van der Waals surface area contributed by atoms with Crippen molar-refractivity contribution in [2.45, 2.75) is 13.5 Å². The Bertz CT molecular complexity index is 1220. The first-order valence-corrected chi connectivity index (χ1v) is 9.98. The molecule has 1 amide bonds. The molecule has 0 spiro atoms. The van der Waals surface area contributed by atoms with E-state index in [0.717, 1.165) is 16.8 Å². The van der Waals surface area contributed by atoms with Gasteiger partial charge in [0.05, 0.1) is 23.6 Å². The summed E-state index contributed by atoms with van der Waals surface area (Å²) in [6.07, 6.45) is 0. The van der Waals surface area contributed by atoms with Crippen LogP contribution in [0.2, 0.25) is 0 Å². The Morgan fingerprint density at radius 1 is 1.00 bits per heavy atom. The number of carbonyl (C=O) groups excluding carboxylic acids is 2.